The smallest absolute Gasteiger partial charge is 0.305 e. The van der Waals surface area contributed by atoms with Gasteiger partial charge in [0.05, 0.1) is 6.42 Å². The Labute approximate surface area is 114 Å². The molecule has 1 saturated heterocycles. The van der Waals surface area contributed by atoms with Gasteiger partial charge in [-0.15, -0.1) is 0 Å². The fourth-order valence-electron chi connectivity index (χ4n) is 3.42. The molecule has 0 bridgehead atoms. The first-order chi connectivity index (χ1) is 9.00. The average molecular weight is 268 g/mol. The van der Waals surface area contributed by atoms with Crippen molar-refractivity contribution in [2.75, 3.05) is 19.6 Å². The van der Waals surface area contributed by atoms with Gasteiger partial charge in [0.25, 0.3) is 0 Å². The van der Waals surface area contributed by atoms with Gasteiger partial charge in [0.1, 0.15) is 0 Å². The van der Waals surface area contributed by atoms with E-state index in [0.717, 1.165) is 32.4 Å². The number of carbonyl (C=O) groups excluding carboxylic acids is 1. The number of carboxylic acid groups (broad SMARTS) is 1. The lowest BCUT2D eigenvalue weighted by molar-refractivity contribution is -0.141. The lowest BCUT2D eigenvalue weighted by Gasteiger charge is -2.29. The predicted molar refractivity (Wildman–Crippen MR) is 71.7 cm³/mol. The molecule has 0 aromatic heterocycles. The van der Waals surface area contributed by atoms with Gasteiger partial charge in [0, 0.05) is 18.5 Å². The topological polar surface area (TPSA) is 69.6 Å². The standard InChI is InChI=1S/C14H24N2O3/c1-3-16(10(2)8-12(17)18)13(19)11-9-14(11)4-6-15-7-5-14/h10-11,15H,3-9H2,1-2H3,(H,17,18). The number of nitrogens with zero attached hydrogens (tertiary/aromatic N) is 1. The Morgan fingerprint density at radius 2 is 2.05 bits per heavy atom. The lowest BCUT2D eigenvalue weighted by atomic mass is 9.91. The zero-order valence-corrected chi connectivity index (χ0v) is 11.8. The van der Waals surface area contributed by atoms with E-state index in [0.29, 0.717) is 6.54 Å². The first-order valence-corrected chi connectivity index (χ1v) is 7.23. The fraction of sp³-hybridized carbons (Fsp3) is 0.857. The molecule has 1 saturated carbocycles. The highest BCUT2D eigenvalue weighted by Gasteiger charge is 2.58. The Morgan fingerprint density at radius 3 is 2.58 bits per heavy atom. The third-order valence-corrected chi connectivity index (χ3v) is 4.71. The Kier molecular flexibility index (Phi) is 4.13. The van der Waals surface area contributed by atoms with Crippen molar-refractivity contribution in [1.82, 2.24) is 10.2 Å². The number of hydrogen-bond donors (Lipinski definition) is 2. The van der Waals surface area contributed by atoms with Crippen LogP contribution in [0.2, 0.25) is 0 Å². The van der Waals surface area contributed by atoms with Gasteiger partial charge in [0.15, 0.2) is 0 Å². The monoisotopic (exact) mass is 268 g/mol. The van der Waals surface area contributed by atoms with E-state index in [2.05, 4.69) is 5.32 Å². The van der Waals surface area contributed by atoms with Gasteiger partial charge in [-0.05, 0) is 51.6 Å². The van der Waals surface area contributed by atoms with Crippen molar-refractivity contribution in [3.63, 3.8) is 0 Å². The molecule has 2 unspecified atom stereocenters. The number of carbonyl (C=O) groups is 2. The molecule has 19 heavy (non-hydrogen) atoms. The second-order valence-electron chi connectivity index (χ2n) is 5.94. The van der Waals surface area contributed by atoms with Crippen LogP contribution in [0, 0.1) is 11.3 Å². The number of rotatable bonds is 5. The van der Waals surface area contributed by atoms with Crippen molar-refractivity contribution in [3.05, 3.63) is 0 Å². The van der Waals surface area contributed by atoms with E-state index in [4.69, 9.17) is 5.11 Å². The normalized spacial score (nSPS) is 25.9. The van der Waals surface area contributed by atoms with E-state index in [-0.39, 0.29) is 29.7 Å². The molecule has 2 N–H and O–H groups in total. The van der Waals surface area contributed by atoms with Crippen molar-refractivity contribution in [1.29, 1.82) is 0 Å². The fourth-order valence-corrected chi connectivity index (χ4v) is 3.42. The van der Waals surface area contributed by atoms with Crippen molar-refractivity contribution in [3.8, 4) is 0 Å². The Bertz CT molecular complexity index is 364. The van der Waals surface area contributed by atoms with Gasteiger partial charge in [-0.25, -0.2) is 0 Å². The second-order valence-corrected chi connectivity index (χ2v) is 5.94. The van der Waals surface area contributed by atoms with Crippen LogP contribution in [0.1, 0.15) is 39.5 Å². The molecular formula is C14H24N2O3. The highest BCUT2D eigenvalue weighted by molar-refractivity contribution is 5.83. The molecule has 1 amide bonds. The van der Waals surface area contributed by atoms with E-state index < -0.39 is 5.97 Å². The molecule has 0 radical (unpaired) electrons. The molecular weight excluding hydrogens is 244 g/mol. The Hall–Kier alpha value is -1.10. The molecule has 0 aromatic rings. The summed E-state index contributed by atoms with van der Waals surface area (Å²) < 4.78 is 0. The van der Waals surface area contributed by atoms with Gasteiger partial charge in [-0.3, -0.25) is 9.59 Å². The Morgan fingerprint density at radius 1 is 1.42 bits per heavy atom. The van der Waals surface area contributed by atoms with E-state index in [1.807, 2.05) is 13.8 Å². The van der Waals surface area contributed by atoms with Crippen LogP contribution in [0.3, 0.4) is 0 Å². The molecule has 5 heteroatoms. The van der Waals surface area contributed by atoms with Crippen LogP contribution in [0.15, 0.2) is 0 Å². The SMILES string of the molecule is CCN(C(=O)C1CC12CCNCC2)C(C)CC(=O)O. The quantitative estimate of drug-likeness (QED) is 0.783. The van der Waals surface area contributed by atoms with E-state index in [1.165, 1.54) is 0 Å². The van der Waals surface area contributed by atoms with Crippen LogP contribution in [-0.2, 0) is 9.59 Å². The van der Waals surface area contributed by atoms with Crippen LogP contribution in [0.5, 0.6) is 0 Å². The maximum absolute atomic E-state index is 12.5. The number of piperidine rings is 1. The zero-order valence-electron chi connectivity index (χ0n) is 11.8. The van der Waals surface area contributed by atoms with Crippen molar-refractivity contribution in [2.24, 2.45) is 11.3 Å². The van der Waals surface area contributed by atoms with Crippen LogP contribution < -0.4 is 5.32 Å². The molecule has 2 atom stereocenters. The van der Waals surface area contributed by atoms with Crippen LogP contribution in [0.25, 0.3) is 0 Å². The molecule has 2 fully saturated rings. The van der Waals surface area contributed by atoms with Gasteiger partial charge in [-0.1, -0.05) is 0 Å². The summed E-state index contributed by atoms with van der Waals surface area (Å²) in [5.41, 5.74) is 0.221. The maximum Gasteiger partial charge on any atom is 0.305 e. The van der Waals surface area contributed by atoms with Crippen molar-refractivity contribution >= 4 is 11.9 Å². The summed E-state index contributed by atoms with van der Waals surface area (Å²) in [5.74, 6) is -0.546. The third-order valence-electron chi connectivity index (χ3n) is 4.71. The van der Waals surface area contributed by atoms with Crippen LogP contribution in [-0.4, -0.2) is 47.6 Å². The van der Waals surface area contributed by atoms with Crippen molar-refractivity contribution < 1.29 is 14.7 Å². The first kappa shape index (κ1) is 14.3. The molecule has 2 rings (SSSR count). The number of nitrogens with one attached hydrogen (secondary N) is 1. The predicted octanol–water partition coefficient (Wildman–Crippen LogP) is 1.09. The molecule has 2 aliphatic rings. The van der Waals surface area contributed by atoms with E-state index in [9.17, 15) is 9.59 Å². The lowest BCUT2D eigenvalue weighted by Crippen LogP contribution is -2.42. The molecule has 1 spiro atoms. The number of carboxylic acids is 1. The molecule has 5 nitrogen and oxygen atoms in total. The maximum atomic E-state index is 12.5. The minimum absolute atomic E-state index is 0.0286. The van der Waals surface area contributed by atoms with Gasteiger partial charge in [-0.2, -0.15) is 0 Å². The number of hydrogen-bond acceptors (Lipinski definition) is 3. The van der Waals surface area contributed by atoms with E-state index >= 15 is 0 Å². The largest absolute Gasteiger partial charge is 0.481 e. The summed E-state index contributed by atoms with van der Waals surface area (Å²) in [6.07, 6.45) is 3.17. The minimum Gasteiger partial charge on any atom is -0.481 e. The second kappa shape index (κ2) is 5.49. The molecule has 1 aliphatic carbocycles. The molecule has 108 valence electrons. The summed E-state index contributed by atoms with van der Waals surface area (Å²) in [6, 6.07) is -0.214. The highest BCUT2D eigenvalue weighted by Crippen LogP contribution is 2.59. The summed E-state index contributed by atoms with van der Waals surface area (Å²) in [7, 11) is 0. The highest BCUT2D eigenvalue weighted by atomic mass is 16.4. The molecule has 1 aliphatic heterocycles. The molecule has 1 heterocycles. The van der Waals surface area contributed by atoms with Gasteiger partial charge in [0.2, 0.25) is 5.91 Å². The third kappa shape index (κ3) is 2.91. The first-order valence-electron chi connectivity index (χ1n) is 7.23. The summed E-state index contributed by atoms with van der Waals surface area (Å²) >= 11 is 0. The van der Waals surface area contributed by atoms with E-state index in [1.54, 1.807) is 4.90 Å². The van der Waals surface area contributed by atoms with Gasteiger partial charge < -0.3 is 15.3 Å². The number of aliphatic carboxylic acids is 1. The minimum atomic E-state index is -0.842. The summed E-state index contributed by atoms with van der Waals surface area (Å²) in [4.78, 5) is 25.1. The van der Waals surface area contributed by atoms with Crippen LogP contribution in [0.4, 0.5) is 0 Å². The zero-order chi connectivity index (χ0) is 14.0. The average Bonchev–Trinajstić information content (AvgIpc) is 3.03. The molecule has 0 aromatic carbocycles. The van der Waals surface area contributed by atoms with Crippen molar-refractivity contribution in [2.45, 2.75) is 45.6 Å². The number of amides is 1. The summed E-state index contributed by atoms with van der Waals surface area (Å²) in [6.45, 7) is 6.35. The summed E-state index contributed by atoms with van der Waals surface area (Å²) in [5, 5.41) is 12.2. The Balaban J connectivity index is 1.96. The van der Waals surface area contributed by atoms with Gasteiger partial charge >= 0.3 is 5.97 Å². The van der Waals surface area contributed by atoms with Crippen LogP contribution >= 0.6 is 0 Å².